The predicted molar refractivity (Wildman–Crippen MR) is 68.6 cm³/mol. The molecule has 0 amide bonds. The fourth-order valence-electron chi connectivity index (χ4n) is 1.52. The van der Waals surface area contributed by atoms with E-state index in [1.807, 2.05) is 0 Å². The van der Waals surface area contributed by atoms with Crippen LogP contribution in [-0.2, 0) is 39.8 Å². The van der Waals surface area contributed by atoms with Crippen LogP contribution in [-0.4, -0.2) is 4.57 Å². The molecule has 2 aromatic rings. The van der Waals surface area contributed by atoms with E-state index in [0.29, 0.717) is 10.2 Å². The van der Waals surface area contributed by atoms with Crippen molar-refractivity contribution in [1.29, 1.82) is 0 Å². The maximum Gasteiger partial charge on any atom is 0.208 e. The van der Waals surface area contributed by atoms with Crippen molar-refractivity contribution in [3.05, 3.63) is 56.0 Å². The van der Waals surface area contributed by atoms with E-state index in [-0.39, 0.29) is 48.9 Å². The third-order valence-electron chi connectivity index (χ3n) is 2.38. The summed E-state index contributed by atoms with van der Waals surface area (Å²) in [5, 5.41) is 0.249. The van der Waals surface area contributed by atoms with Gasteiger partial charge >= 0.3 is 0 Å². The first-order valence-electron chi connectivity index (χ1n) is 4.74. The average Bonchev–Trinajstić information content (AvgIpc) is 2.29. The minimum atomic E-state index is -0.480. The molecule has 1 radical (unpaired) electrons. The smallest absolute Gasteiger partial charge is 0.208 e. The summed E-state index contributed by atoms with van der Waals surface area (Å²) in [7, 11) is 1.54. The number of halogens is 3. The molecule has 0 atom stereocenters. The van der Waals surface area contributed by atoms with Crippen LogP contribution in [0.3, 0.4) is 0 Å². The number of hydrogen-bond acceptors (Lipinski definition) is 1. The number of hydrogen-bond donors (Lipinski definition) is 0. The zero-order chi connectivity index (χ0) is 12.6. The van der Waals surface area contributed by atoms with E-state index in [2.05, 4.69) is 22.0 Å². The minimum Gasteiger partial charge on any atom is -0.344 e. The zero-order valence-electron chi connectivity index (χ0n) is 9.38. The van der Waals surface area contributed by atoms with Crippen LogP contribution >= 0.6 is 27.5 Å². The van der Waals surface area contributed by atoms with Crippen molar-refractivity contribution in [2.45, 2.75) is 0 Å². The Bertz CT molecular complexity index is 624. The van der Waals surface area contributed by atoms with Gasteiger partial charge in [0.2, 0.25) is 5.56 Å². The van der Waals surface area contributed by atoms with Crippen LogP contribution in [0.2, 0.25) is 5.02 Å². The summed E-state index contributed by atoms with van der Waals surface area (Å²) in [6.07, 6.45) is 0. The molecule has 6 heteroatoms. The van der Waals surface area contributed by atoms with Crippen molar-refractivity contribution in [3.63, 3.8) is 0 Å². The Morgan fingerprint density at radius 2 is 2.11 bits per heavy atom. The van der Waals surface area contributed by atoms with Gasteiger partial charge in [-0.1, -0.05) is 29.4 Å². The molecule has 2 rings (SSSR count). The fourth-order valence-corrected chi connectivity index (χ4v) is 2.15. The van der Waals surface area contributed by atoms with Gasteiger partial charge in [-0.3, -0.25) is 4.79 Å². The van der Waals surface area contributed by atoms with E-state index >= 15 is 0 Å². The number of benzene rings is 1. The summed E-state index contributed by atoms with van der Waals surface area (Å²) in [6.45, 7) is 0. The Labute approximate surface area is 142 Å². The molecule has 2 nitrogen and oxygen atoms in total. The molecule has 0 aliphatic rings. The summed E-state index contributed by atoms with van der Waals surface area (Å²) < 4.78 is 15.4. The Kier molecular flexibility index (Phi) is 5.72. The second-order valence-electron chi connectivity index (χ2n) is 3.45. The normalized spacial score (nSPS) is 10.0. The summed E-state index contributed by atoms with van der Waals surface area (Å²) in [4.78, 5) is 11.7. The maximum atomic E-state index is 13.7. The van der Waals surface area contributed by atoms with Crippen LogP contribution < -0.4 is 5.56 Å². The van der Waals surface area contributed by atoms with Gasteiger partial charge in [-0.25, -0.2) is 4.39 Å². The molecule has 1 heterocycles. The molecule has 0 fully saturated rings. The molecule has 1 aromatic carbocycles. The van der Waals surface area contributed by atoms with Crippen LogP contribution in [0.15, 0.2) is 33.5 Å². The van der Waals surface area contributed by atoms with Crippen molar-refractivity contribution >= 4 is 27.5 Å². The van der Waals surface area contributed by atoms with Gasteiger partial charge in [0.15, 0.2) is 0 Å². The molecular formula is C12H7BrClFNOY-. The number of nitrogens with zero attached hydrogens (tertiary/aromatic N) is 1. The molecule has 0 saturated carbocycles. The van der Waals surface area contributed by atoms with Gasteiger partial charge < -0.3 is 4.57 Å². The van der Waals surface area contributed by atoms with Gasteiger partial charge in [-0.2, -0.15) is 12.1 Å². The SMILES string of the molecule is Cn1c(-c2c(F)cccc2Cl)[c-]cc(Br)c1=O.[Y]. The van der Waals surface area contributed by atoms with Gasteiger partial charge in [0.05, 0.1) is 5.82 Å². The summed E-state index contributed by atoms with van der Waals surface area (Å²) in [5.41, 5.74) is 0.237. The molecule has 0 unspecified atom stereocenters. The molecule has 0 saturated heterocycles. The van der Waals surface area contributed by atoms with Crippen LogP contribution in [0.5, 0.6) is 0 Å². The first-order chi connectivity index (χ1) is 8.02. The topological polar surface area (TPSA) is 22.0 Å². The summed E-state index contributed by atoms with van der Waals surface area (Å²) >= 11 is 9.04. The molecule has 18 heavy (non-hydrogen) atoms. The third kappa shape index (κ3) is 2.93. The van der Waals surface area contributed by atoms with Crippen LogP contribution in [0.4, 0.5) is 4.39 Å². The molecule has 0 aliphatic heterocycles. The molecule has 0 bridgehead atoms. The average molecular weight is 404 g/mol. The monoisotopic (exact) mass is 403 g/mol. The Morgan fingerprint density at radius 3 is 2.72 bits per heavy atom. The number of pyridine rings is 1. The molecular weight excluding hydrogens is 397 g/mol. The van der Waals surface area contributed by atoms with Gasteiger partial charge in [0.25, 0.3) is 0 Å². The van der Waals surface area contributed by atoms with E-state index < -0.39 is 5.82 Å². The Morgan fingerprint density at radius 1 is 1.44 bits per heavy atom. The van der Waals surface area contributed by atoms with Gasteiger partial charge in [-0.15, -0.1) is 15.9 Å². The molecule has 0 N–H and O–H groups in total. The zero-order valence-corrected chi connectivity index (χ0v) is 14.6. The third-order valence-corrected chi connectivity index (χ3v) is 3.26. The second kappa shape index (κ2) is 6.42. The van der Waals surface area contributed by atoms with Crippen LogP contribution in [0.1, 0.15) is 0 Å². The molecule has 1 aromatic heterocycles. The summed E-state index contributed by atoms with van der Waals surface area (Å²) in [5.74, 6) is -0.480. The molecule has 0 aliphatic carbocycles. The number of aromatic nitrogens is 1. The van der Waals surface area contributed by atoms with Crippen molar-refractivity contribution < 1.29 is 37.1 Å². The standard InChI is InChI=1S/C12H7BrClFNO.Y/c1-16-10(6-5-7(13)12(16)17)11-8(14)3-2-4-9(11)15;/h2-5H,1H3;/q-1;. The van der Waals surface area contributed by atoms with E-state index in [0.717, 1.165) is 0 Å². The molecule has 0 spiro atoms. The maximum absolute atomic E-state index is 13.7. The fraction of sp³-hybridized carbons (Fsp3) is 0.0833. The predicted octanol–water partition coefficient (Wildman–Crippen LogP) is 3.40. The van der Waals surface area contributed by atoms with E-state index in [9.17, 15) is 9.18 Å². The Hall–Kier alpha value is -0.0261. The van der Waals surface area contributed by atoms with E-state index in [1.54, 1.807) is 13.1 Å². The van der Waals surface area contributed by atoms with E-state index in [1.165, 1.54) is 22.8 Å². The van der Waals surface area contributed by atoms with Gasteiger partial charge in [-0.05, 0) is 21.1 Å². The second-order valence-corrected chi connectivity index (χ2v) is 4.71. The van der Waals surface area contributed by atoms with Crippen molar-refractivity contribution in [1.82, 2.24) is 4.57 Å². The summed E-state index contributed by atoms with van der Waals surface area (Å²) in [6, 6.07) is 8.67. The first-order valence-corrected chi connectivity index (χ1v) is 5.91. The first kappa shape index (κ1) is 16.0. The van der Waals surface area contributed by atoms with Crippen LogP contribution in [0, 0.1) is 11.9 Å². The quantitative estimate of drug-likeness (QED) is 0.668. The minimum absolute atomic E-state index is 0. The van der Waals surface area contributed by atoms with E-state index in [4.69, 9.17) is 11.6 Å². The molecule has 91 valence electrons. The van der Waals surface area contributed by atoms with Crippen molar-refractivity contribution in [2.24, 2.45) is 7.05 Å². The van der Waals surface area contributed by atoms with Crippen molar-refractivity contribution in [3.8, 4) is 11.3 Å². The van der Waals surface area contributed by atoms with Gasteiger partial charge in [0.1, 0.15) is 0 Å². The van der Waals surface area contributed by atoms with Crippen molar-refractivity contribution in [2.75, 3.05) is 0 Å². The van der Waals surface area contributed by atoms with Crippen LogP contribution in [0.25, 0.3) is 11.3 Å². The largest absolute Gasteiger partial charge is 0.344 e. The van der Waals surface area contributed by atoms with Gasteiger partial charge in [0, 0.05) is 39.8 Å². The number of rotatable bonds is 1. The Balaban J connectivity index is 0.00000162.